The molecule has 12 nitrogen and oxygen atoms in total. The minimum atomic E-state index is -0.946. The number of carboxylic acid groups (broad SMARTS) is 1. The highest BCUT2D eigenvalue weighted by atomic mass is 79.9. The van der Waals surface area contributed by atoms with Gasteiger partial charge in [-0.05, 0) is 152 Å². The Hall–Kier alpha value is -8.46. The van der Waals surface area contributed by atoms with E-state index in [1.165, 1.54) is 0 Å². The van der Waals surface area contributed by atoms with Crippen LogP contribution in [0.2, 0.25) is 0 Å². The molecule has 0 unspecified atom stereocenters. The lowest BCUT2D eigenvalue weighted by molar-refractivity contribution is 0.00699. The molecule has 10 aromatic rings. The lowest BCUT2D eigenvalue weighted by Crippen LogP contribution is -2.26. The number of carbonyl (C=O) groups is 4. The minimum Gasteiger partial charge on any atom is -0.478 e. The molecule has 0 saturated heterocycles. The number of rotatable bonds is 14. The SMILES string of the molecule is C[C@H](NC(=O)c1ccc2c(cnn2Cc2ccc(-c3ccccc3C(=O)O)cc2)c1)c1ccc(Br)cc1.C[C@H](NC(=O)c1ccc2c(cnn2Cc2ccc(-c3ccccc3C(=O)OC(C)(C)C)cc2)c1)c1ccc(Br)cc1. The zero-order valence-electron chi connectivity index (χ0n) is 43.6. The third-order valence-corrected chi connectivity index (χ3v) is 14.2. The van der Waals surface area contributed by atoms with E-state index in [1.807, 2.05) is 208 Å². The molecule has 0 spiro atoms. The van der Waals surface area contributed by atoms with Gasteiger partial charge in [0.15, 0.2) is 0 Å². The Bertz CT molecular complexity index is 3790. The second-order valence-electron chi connectivity index (χ2n) is 19.9. The van der Waals surface area contributed by atoms with Crippen LogP contribution in [0.4, 0.5) is 0 Å². The van der Waals surface area contributed by atoms with Crippen molar-refractivity contribution in [3.8, 4) is 22.3 Å². The van der Waals surface area contributed by atoms with Crippen LogP contribution >= 0.6 is 31.9 Å². The van der Waals surface area contributed by atoms with Crippen molar-refractivity contribution in [1.29, 1.82) is 0 Å². The molecule has 0 saturated carbocycles. The second kappa shape index (κ2) is 23.8. The number of aromatic nitrogens is 4. The third kappa shape index (κ3) is 13.2. The lowest BCUT2D eigenvalue weighted by atomic mass is 9.98. The van der Waals surface area contributed by atoms with Gasteiger partial charge in [0.25, 0.3) is 11.8 Å². The predicted octanol–water partition coefficient (Wildman–Crippen LogP) is 14.7. The molecule has 0 fully saturated rings. The van der Waals surface area contributed by atoms with Gasteiger partial charge < -0.3 is 20.5 Å². The zero-order valence-corrected chi connectivity index (χ0v) is 46.7. The number of nitrogens with one attached hydrogen (secondary N) is 2. The molecule has 0 bridgehead atoms. The average molecular weight is 1160 g/mol. The Morgan fingerprint density at radius 3 is 1.35 bits per heavy atom. The summed E-state index contributed by atoms with van der Waals surface area (Å²) in [5.74, 6) is -1.55. The molecule has 0 aliphatic rings. The summed E-state index contributed by atoms with van der Waals surface area (Å²) in [4.78, 5) is 50.2. The monoisotopic (exact) mass is 1160 g/mol. The Morgan fingerprint density at radius 2 is 0.936 bits per heavy atom. The maximum absolute atomic E-state index is 12.9. The summed E-state index contributed by atoms with van der Waals surface area (Å²) in [6.45, 7) is 10.6. The molecule has 0 aliphatic carbocycles. The molecular weight excluding hydrogens is 1110 g/mol. The van der Waals surface area contributed by atoms with Gasteiger partial charge in [-0.1, -0.05) is 141 Å². The van der Waals surface area contributed by atoms with E-state index in [9.17, 15) is 24.3 Å². The fourth-order valence-corrected chi connectivity index (χ4v) is 9.56. The molecule has 0 radical (unpaired) electrons. The maximum atomic E-state index is 12.9. The van der Waals surface area contributed by atoms with E-state index < -0.39 is 11.6 Å². The fourth-order valence-electron chi connectivity index (χ4n) is 9.03. The molecule has 2 aromatic heterocycles. The van der Waals surface area contributed by atoms with Gasteiger partial charge in [-0.2, -0.15) is 10.2 Å². The molecule has 14 heteroatoms. The Labute approximate surface area is 469 Å². The topological polar surface area (TPSA) is 157 Å². The smallest absolute Gasteiger partial charge is 0.339 e. The number of carboxylic acids is 1. The van der Waals surface area contributed by atoms with Crippen LogP contribution in [0.5, 0.6) is 0 Å². The molecule has 2 atom stereocenters. The first kappa shape index (κ1) is 54.3. The first-order valence-electron chi connectivity index (χ1n) is 25.3. The summed E-state index contributed by atoms with van der Waals surface area (Å²) in [6.07, 6.45) is 3.55. The van der Waals surface area contributed by atoms with Crippen LogP contribution in [-0.4, -0.2) is 54.0 Å². The number of nitrogens with zero attached hydrogens (tertiary/aromatic N) is 4. The highest BCUT2D eigenvalue weighted by Crippen LogP contribution is 2.29. The standard InChI is InChI=1S/C34H32BrN3O3.C30H24BrN3O3/c1-22(24-13-16-28(35)17-14-24)37-32(39)26-15-18-31-27(19-26)20-36-38(31)21-23-9-11-25(12-10-23)29-7-5-6-8-30(29)33(40)41-34(2,3)4;1-19(21-10-13-25(31)14-11-21)33-29(35)23-12-15-28-24(16-23)17-32-34(28)18-20-6-8-22(9-7-20)26-4-2-3-5-27(26)30(36)37/h5-20,22H,21H2,1-4H3,(H,37,39);2-17,19H,18H2,1H3,(H,33,35)(H,36,37)/t22-;19-/m00/s1. The molecule has 392 valence electrons. The third-order valence-electron chi connectivity index (χ3n) is 13.1. The van der Waals surface area contributed by atoms with E-state index >= 15 is 0 Å². The maximum Gasteiger partial charge on any atom is 0.339 e. The van der Waals surface area contributed by atoms with Crippen molar-refractivity contribution in [1.82, 2.24) is 30.2 Å². The minimum absolute atomic E-state index is 0.118. The van der Waals surface area contributed by atoms with E-state index in [-0.39, 0.29) is 35.4 Å². The van der Waals surface area contributed by atoms with Crippen LogP contribution in [-0.2, 0) is 17.8 Å². The van der Waals surface area contributed by atoms with Gasteiger partial charge in [0.2, 0.25) is 0 Å². The number of esters is 1. The first-order chi connectivity index (χ1) is 37.5. The number of hydrogen-bond donors (Lipinski definition) is 3. The van der Waals surface area contributed by atoms with Crippen molar-refractivity contribution in [2.75, 3.05) is 0 Å². The normalized spacial score (nSPS) is 12.0. The van der Waals surface area contributed by atoms with Crippen LogP contribution in [0.1, 0.15) is 110 Å². The lowest BCUT2D eigenvalue weighted by Gasteiger charge is -2.20. The zero-order chi connectivity index (χ0) is 55.1. The van der Waals surface area contributed by atoms with Crippen LogP contribution < -0.4 is 10.6 Å². The molecule has 10 rings (SSSR count). The number of hydrogen-bond acceptors (Lipinski definition) is 7. The summed E-state index contributed by atoms with van der Waals surface area (Å²) in [6, 6.07) is 57.2. The molecule has 2 amide bonds. The van der Waals surface area contributed by atoms with Gasteiger partial charge in [0.05, 0.1) is 59.7 Å². The van der Waals surface area contributed by atoms with Crippen molar-refractivity contribution in [3.05, 3.63) is 248 Å². The van der Waals surface area contributed by atoms with Gasteiger partial charge in [-0.25, -0.2) is 9.59 Å². The van der Waals surface area contributed by atoms with E-state index in [4.69, 9.17) is 4.74 Å². The van der Waals surface area contributed by atoms with E-state index in [1.54, 1.807) is 30.6 Å². The molecule has 0 aliphatic heterocycles. The fraction of sp³-hybridized carbons (Fsp3) is 0.156. The van der Waals surface area contributed by atoms with Crippen molar-refractivity contribution >= 4 is 77.4 Å². The van der Waals surface area contributed by atoms with E-state index in [2.05, 4.69) is 52.7 Å². The van der Waals surface area contributed by atoms with Gasteiger partial charge in [0.1, 0.15) is 5.60 Å². The number of halogens is 2. The van der Waals surface area contributed by atoms with Crippen molar-refractivity contribution in [2.24, 2.45) is 0 Å². The summed E-state index contributed by atoms with van der Waals surface area (Å²) in [5, 5.41) is 26.5. The Morgan fingerprint density at radius 1 is 0.538 bits per heavy atom. The molecule has 2 heterocycles. The van der Waals surface area contributed by atoms with Gasteiger partial charge in [0, 0.05) is 30.8 Å². The number of amides is 2. The quantitative estimate of drug-likeness (QED) is 0.0908. The van der Waals surface area contributed by atoms with Gasteiger partial charge >= 0.3 is 11.9 Å². The van der Waals surface area contributed by atoms with E-state index in [0.29, 0.717) is 35.3 Å². The van der Waals surface area contributed by atoms with Crippen molar-refractivity contribution in [2.45, 2.75) is 65.4 Å². The number of fused-ring (bicyclic) bond motifs is 2. The summed E-state index contributed by atoms with van der Waals surface area (Å²) < 4.78 is 11.4. The van der Waals surface area contributed by atoms with Crippen molar-refractivity contribution in [3.63, 3.8) is 0 Å². The highest BCUT2D eigenvalue weighted by molar-refractivity contribution is 9.10. The first-order valence-corrected chi connectivity index (χ1v) is 26.9. The van der Waals surface area contributed by atoms with Crippen LogP contribution in [0.15, 0.2) is 203 Å². The summed E-state index contributed by atoms with van der Waals surface area (Å²) in [7, 11) is 0. The van der Waals surface area contributed by atoms with Crippen LogP contribution in [0.25, 0.3) is 44.1 Å². The van der Waals surface area contributed by atoms with Crippen molar-refractivity contribution < 1.29 is 29.0 Å². The molecule has 78 heavy (non-hydrogen) atoms. The van der Waals surface area contributed by atoms with Crippen LogP contribution in [0.3, 0.4) is 0 Å². The number of benzene rings is 8. The van der Waals surface area contributed by atoms with Gasteiger partial charge in [-0.15, -0.1) is 0 Å². The average Bonchev–Trinajstić information content (AvgIpc) is 4.10. The Balaban J connectivity index is 0.000000191. The second-order valence-corrected chi connectivity index (χ2v) is 21.8. The Kier molecular flexibility index (Phi) is 16.6. The summed E-state index contributed by atoms with van der Waals surface area (Å²) >= 11 is 6.88. The highest BCUT2D eigenvalue weighted by Gasteiger charge is 2.21. The molecule has 3 N–H and O–H groups in total. The largest absolute Gasteiger partial charge is 0.478 e. The van der Waals surface area contributed by atoms with Gasteiger partial charge in [-0.3, -0.25) is 19.0 Å². The van der Waals surface area contributed by atoms with E-state index in [0.717, 1.165) is 69.7 Å². The molecular formula is C64H56Br2N6O6. The number of carbonyl (C=O) groups excluding carboxylic acids is 3. The number of ether oxygens (including phenoxy) is 1. The predicted molar refractivity (Wildman–Crippen MR) is 314 cm³/mol. The molecule has 8 aromatic carbocycles. The summed E-state index contributed by atoms with van der Waals surface area (Å²) in [5.41, 5.74) is 10.8. The van der Waals surface area contributed by atoms with Crippen LogP contribution in [0, 0.1) is 0 Å². The number of aromatic carboxylic acids is 1.